The number of sulfonamides is 1. The number of nitrogens with zero attached hydrogens (tertiary/aromatic N) is 1. The predicted molar refractivity (Wildman–Crippen MR) is 67.1 cm³/mol. The van der Waals surface area contributed by atoms with Gasteiger partial charge in [0.1, 0.15) is 5.82 Å². The van der Waals surface area contributed by atoms with Gasteiger partial charge in [-0.15, -0.1) is 0 Å². The van der Waals surface area contributed by atoms with Crippen LogP contribution in [0.1, 0.15) is 17.3 Å². The van der Waals surface area contributed by atoms with Gasteiger partial charge in [0, 0.05) is 19.3 Å². The Morgan fingerprint density at radius 1 is 1.50 bits per heavy atom. The van der Waals surface area contributed by atoms with Crippen molar-refractivity contribution >= 4 is 21.8 Å². The molecule has 0 atom stereocenters. The van der Waals surface area contributed by atoms with Gasteiger partial charge >= 0.3 is 5.97 Å². The zero-order valence-electron chi connectivity index (χ0n) is 9.88. The van der Waals surface area contributed by atoms with Gasteiger partial charge in [0.15, 0.2) is 0 Å². The summed E-state index contributed by atoms with van der Waals surface area (Å²) in [6.07, 6.45) is 1.35. The van der Waals surface area contributed by atoms with E-state index in [2.05, 4.69) is 15.0 Å². The van der Waals surface area contributed by atoms with Crippen LogP contribution in [-0.2, 0) is 10.0 Å². The summed E-state index contributed by atoms with van der Waals surface area (Å²) in [7, 11) is -3.28. The molecule has 0 aliphatic rings. The lowest BCUT2D eigenvalue weighted by molar-refractivity contribution is 0.0697. The first-order valence-electron chi connectivity index (χ1n) is 5.35. The van der Waals surface area contributed by atoms with Crippen LogP contribution in [0, 0.1) is 0 Å². The fourth-order valence-electron chi connectivity index (χ4n) is 1.27. The van der Waals surface area contributed by atoms with Crippen LogP contribution in [0.15, 0.2) is 18.3 Å². The molecule has 1 aromatic rings. The maximum Gasteiger partial charge on any atom is 0.335 e. The summed E-state index contributed by atoms with van der Waals surface area (Å²) in [5.74, 6) is -0.817. The Morgan fingerprint density at radius 2 is 2.22 bits per heavy atom. The van der Waals surface area contributed by atoms with Crippen molar-refractivity contribution in [1.29, 1.82) is 0 Å². The molecular weight excluding hydrogens is 258 g/mol. The SMILES string of the molecule is CCNS(=O)(=O)CCNc1cc(C(=O)O)ccn1. The number of aromatic nitrogens is 1. The highest BCUT2D eigenvalue weighted by Gasteiger charge is 2.08. The molecule has 0 radical (unpaired) electrons. The van der Waals surface area contributed by atoms with E-state index in [0.29, 0.717) is 12.4 Å². The molecule has 0 bridgehead atoms. The third kappa shape index (κ3) is 4.68. The van der Waals surface area contributed by atoms with Crippen molar-refractivity contribution in [3.63, 3.8) is 0 Å². The van der Waals surface area contributed by atoms with E-state index in [9.17, 15) is 13.2 Å². The van der Waals surface area contributed by atoms with Crippen molar-refractivity contribution in [3.05, 3.63) is 23.9 Å². The van der Waals surface area contributed by atoms with Crippen LogP contribution in [-0.4, -0.2) is 43.3 Å². The van der Waals surface area contributed by atoms with Crippen molar-refractivity contribution in [2.75, 3.05) is 24.2 Å². The topological polar surface area (TPSA) is 108 Å². The minimum absolute atomic E-state index is 0.0974. The predicted octanol–water partition coefficient (Wildman–Crippen LogP) is 0.131. The van der Waals surface area contributed by atoms with Crippen LogP contribution in [0.2, 0.25) is 0 Å². The van der Waals surface area contributed by atoms with Crippen molar-refractivity contribution in [2.24, 2.45) is 0 Å². The molecule has 0 spiro atoms. The molecule has 0 aliphatic heterocycles. The van der Waals surface area contributed by atoms with E-state index < -0.39 is 16.0 Å². The lowest BCUT2D eigenvalue weighted by Gasteiger charge is -2.07. The summed E-state index contributed by atoms with van der Waals surface area (Å²) in [6.45, 7) is 2.20. The van der Waals surface area contributed by atoms with Crippen molar-refractivity contribution < 1.29 is 18.3 Å². The Hall–Kier alpha value is -1.67. The molecule has 0 saturated heterocycles. The number of pyridine rings is 1. The first kappa shape index (κ1) is 14.4. The van der Waals surface area contributed by atoms with E-state index in [-0.39, 0.29) is 17.9 Å². The highest BCUT2D eigenvalue weighted by molar-refractivity contribution is 7.89. The molecule has 0 unspecified atom stereocenters. The van der Waals surface area contributed by atoms with Crippen LogP contribution >= 0.6 is 0 Å². The Balaban J connectivity index is 2.54. The van der Waals surface area contributed by atoms with Gasteiger partial charge in [-0.05, 0) is 12.1 Å². The van der Waals surface area contributed by atoms with E-state index in [1.807, 2.05) is 0 Å². The highest BCUT2D eigenvalue weighted by Crippen LogP contribution is 2.06. The smallest absolute Gasteiger partial charge is 0.335 e. The Morgan fingerprint density at radius 3 is 2.83 bits per heavy atom. The average molecular weight is 273 g/mol. The van der Waals surface area contributed by atoms with Crippen LogP contribution in [0.3, 0.4) is 0 Å². The molecule has 1 aromatic heterocycles. The summed E-state index contributed by atoms with van der Waals surface area (Å²) in [6, 6.07) is 2.71. The molecule has 8 heteroatoms. The number of carbonyl (C=O) groups is 1. The van der Waals surface area contributed by atoms with Crippen LogP contribution in [0.5, 0.6) is 0 Å². The van der Waals surface area contributed by atoms with E-state index in [4.69, 9.17) is 5.11 Å². The number of hydrogen-bond donors (Lipinski definition) is 3. The zero-order valence-corrected chi connectivity index (χ0v) is 10.7. The van der Waals surface area contributed by atoms with E-state index in [1.54, 1.807) is 6.92 Å². The molecule has 3 N–H and O–H groups in total. The molecule has 7 nitrogen and oxygen atoms in total. The standard InChI is InChI=1S/C10H15N3O4S/c1-2-13-18(16,17)6-5-12-9-7-8(10(14)15)3-4-11-9/h3-4,7,13H,2,5-6H2,1H3,(H,11,12)(H,14,15). The molecule has 0 fully saturated rings. The molecular formula is C10H15N3O4S. The molecule has 0 saturated carbocycles. The Kier molecular flexibility index (Phi) is 5.05. The van der Waals surface area contributed by atoms with Gasteiger partial charge < -0.3 is 10.4 Å². The van der Waals surface area contributed by atoms with E-state index in [1.165, 1.54) is 18.3 Å². The largest absolute Gasteiger partial charge is 0.478 e. The minimum atomic E-state index is -3.28. The number of rotatable bonds is 7. The highest BCUT2D eigenvalue weighted by atomic mass is 32.2. The Labute approximate surface area is 105 Å². The van der Waals surface area contributed by atoms with Crippen molar-refractivity contribution in [1.82, 2.24) is 9.71 Å². The number of carboxylic acids is 1. The monoisotopic (exact) mass is 273 g/mol. The van der Waals surface area contributed by atoms with E-state index >= 15 is 0 Å². The zero-order chi connectivity index (χ0) is 13.6. The summed E-state index contributed by atoms with van der Waals surface area (Å²) in [5, 5.41) is 11.5. The maximum atomic E-state index is 11.3. The number of anilines is 1. The quantitative estimate of drug-likeness (QED) is 0.651. The summed E-state index contributed by atoms with van der Waals surface area (Å²) in [5.41, 5.74) is 0.0991. The molecule has 100 valence electrons. The first-order valence-corrected chi connectivity index (χ1v) is 7.00. The number of nitrogens with one attached hydrogen (secondary N) is 2. The second-order valence-corrected chi connectivity index (χ2v) is 5.40. The lowest BCUT2D eigenvalue weighted by Crippen LogP contribution is -2.29. The van der Waals surface area contributed by atoms with Gasteiger partial charge in [-0.1, -0.05) is 6.92 Å². The van der Waals surface area contributed by atoms with Gasteiger partial charge in [0.2, 0.25) is 10.0 Å². The van der Waals surface area contributed by atoms with Crippen LogP contribution in [0.4, 0.5) is 5.82 Å². The molecule has 0 amide bonds. The fourth-order valence-corrected chi connectivity index (χ4v) is 2.22. The van der Waals surface area contributed by atoms with Gasteiger partial charge in [-0.25, -0.2) is 22.9 Å². The van der Waals surface area contributed by atoms with Gasteiger partial charge in [0.25, 0.3) is 0 Å². The first-order chi connectivity index (χ1) is 8.44. The molecule has 0 aromatic carbocycles. The molecule has 0 aliphatic carbocycles. The van der Waals surface area contributed by atoms with Gasteiger partial charge in [0.05, 0.1) is 11.3 Å². The number of aromatic carboxylic acids is 1. The lowest BCUT2D eigenvalue weighted by atomic mass is 10.2. The minimum Gasteiger partial charge on any atom is -0.478 e. The average Bonchev–Trinajstić information content (AvgIpc) is 2.29. The van der Waals surface area contributed by atoms with Crippen LogP contribution in [0.25, 0.3) is 0 Å². The normalized spacial score (nSPS) is 11.2. The molecule has 1 heterocycles. The van der Waals surface area contributed by atoms with Gasteiger partial charge in [-0.2, -0.15) is 0 Å². The number of hydrogen-bond acceptors (Lipinski definition) is 5. The fraction of sp³-hybridized carbons (Fsp3) is 0.400. The van der Waals surface area contributed by atoms with E-state index in [0.717, 1.165) is 0 Å². The third-order valence-electron chi connectivity index (χ3n) is 2.05. The Bertz CT molecular complexity index is 516. The molecule has 1 rings (SSSR count). The maximum absolute atomic E-state index is 11.3. The van der Waals surface area contributed by atoms with Crippen LogP contribution < -0.4 is 10.0 Å². The second kappa shape index (κ2) is 6.31. The second-order valence-electron chi connectivity index (χ2n) is 3.48. The van der Waals surface area contributed by atoms with Crippen molar-refractivity contribution in [2.45, 2.75) is 6.92 Å². The number of carboxylic acid groups (broad SMARTS) is 1. The van der Waals surface area contributed by atoms with Crippen molar-refractivity contribution in [3.8, 4) is 0 Å². The molecule has 18 heavy (non-hydrogen) atoms. The van der Waals surface area contributed by atoms with Gasteiger partial charge in [-0.3, -0.25) is 0 Å². The summed E-state index contributed by atoms with van der Waals surface area (Å²) < 4.78 is 25.0. The summed E-state index contributed by atoms with van der Waals surface area (Å²) >= 11 is 0. The third-order valence-corrected chi connectivity index (χ3v) is 3.52. The summed E-state index contributed by atoms with van der Waals surface area (Å²) in [4.78, 5) is 14.6.